The summed E-state index contributed by atoms with van der Waals surface area (Å²) < 4.78 is 5.78. The van der Waals surface area contributed by atoms with Gasteiger partial charge in [-0.25, -0.2) is 0 Å². The first-order valence-electron chi connectivity index (χ1n) is 7.55. The van der Waals surface area contributed by atoms with Gasteiger partial charge in [0.1, 0.15) is 0 Å². The lowest BCUT2D eigenvalue weighted by atomic mass is 9.77. The van der Waals surface area contributed by atoms with E-state index in [9.17, 15) is 5.11 Å². The van der Waals surface area contributed by atoms with Crippen molar-refractivity contribution in [2.75, 3.05) is 6.61 Å². The zero-order valence-electron chi connectivity index (χ0n) is 11.4. The minimum Gasteiger partial charge on any atom is -0.390 e. The van der Waals surface area contributed by atoms with Crippen LogP contribution in [0.1, 0.15) is 58.8 Å². The molecular formula is C15H28O2. The lowest BCUT2D eigenvalue weighted by Crippen LogP contribution is -2.38. The van der Waals surface area contributed by atoms with Crippen molar-refractivity contribution in [1.82, 2.24) is 0 Å². The molecule has 100 valence electrons. The fraction of sp³-hybridized carbons (Fsp3) is 1.00. The van der Waals surface area contributed by atoms with E-state index in [4.69, 9.17) is 4.74 Å². The molecule has 2 saturated carbocycles. The number of hydrogen-bond donors (Lipinski definition) is 1. The number of aliphatic hydroxyl groups excluding tert-OH is 1. The van der Waals surface area contributed by atoms with Crippen LogP contribution in [0.5, 0.6) is 0 Å². The third-order valence-electron chi connectivity index (χ3n) is 4.73. The average Bonchev–Trinajstić information content (AvgIpc) is 3.19. The van der Waals surface area contributed by atoms with Crippen LogP contribution in [0.4, 0.5) is 0 Å². The summed E-state index contributed by atoms with van der Waals surface area (Å²) in [6.45, 7) is 5.06. The van der Waals surface area contributed by atoms with E-state index in [1.54, 1.807) is 0 Å². The average molecular weight is 240 g/mol. The van der Waals surface area contributed by atoms with E-state index < -0.39 is 0 Å². The summed E-state index contributed by atoms with van der Waals surface area (Å²) in [6, 6.07) is 0. The van der Waals surface area contributed by atoms with Crippen LogP contribution >= 0.6 is 0 Å². The van der Waals surface area contributed by atoms with Crippen molar-refractivity contribution in [3.8, 4) is 0 Å². The lowest BCUT2D eigenvalue weighted by Gasteiger charge is -2.34. The van der Waals surface area contributed by atoms with Gasteiger partial charge in [0.2, 0.25) is 0 Å². The maximum absolute atomic E-state index is 10.5. The summed E-state index contributed by atoms with van der Waals surface area (Å²) in [7, 11) is 0. The van der Waals surface area contributed by atoms with Gasteiger partial charge < -0.3 is 9.84 Å². The van der Waals surface area contributed by atoms with E-state index in [0.29, 0.717) is 11.8 Å². The highest BCUT2D eigenvalue weighted by molar-refractivity contribution is 4.91. The van der Waals surface area contributed by atoms with Gasteiger partial charge in [0.05, 0.1) is 12.2 Å². The molecule has 0 aliphatic heterocycles. The van der Waals surface area contributed by atoms with Crippen LogP contribution in [-0.2, 0) is 4.74 Å². The zero-order chi connectivity index (χ0) is 12.3. The standard InChI is InChI=1S/C15H28O2/c1-3-11-5-7-12(8-6-11)14(16)15(17-4-2)13-9-10-13/h11-16H,3-10H2,1-2H3. The molecular weight excluding hydrogens is 212 g/mol. The maximum Gasteiger partial charge on any atom is 0.0864 e. The van der Waals surface area contributed by atoms with E-state index in [2.05, 4.69) is 6.92 Å². The van der Waals surface area contributed by atoms with Gasteiger partial charge >= 0.3 is 0 Å². The number of hydrogen-bond acceptors (Lipinski definition) is 2. The minimum absolute atomic E-state index is 0.128. The normalized spacial score (nSPS) is 33.4. The Balaban J connectivity index is 1.83. The predicted molar refractivity (Wildman–Crippen MR) is 69.9 cm³/mol. The molecule has 0 radical (unpaired) electrons. The van der Waals surface area contributed by atoms with Gasteiger partial charge in [-0.2, -0.15) is 0 Å². The van der Waals surface area contributed by atoms with Crippen molar-refractivity contribution in [2.45, 2.75) is 71.0 Å². The van der Waals surface area contributed by atoms with Crippen LogP contribution in [0.3, 0.4) is 0 Å². The molecule has 0 saturated heterocycles. The van der Waals surface area contributed by atoms with E-state index in [1.165, 1.54) is 44.9 Å². The Labute approximate surface area is 106 Å². The monoisotopic (exact) mass is 240 g/mol. The van der Waals surface area contributed by atoms with Crippen molar-refractivity contribution in [3.05, 3.63) is 0 Å². The van der Waals surface area contributed by atoms with Gasteiger partial charge in [0.15, 0.2) is 0 Å². The molecule has 0 bridgehead atoms. The molecule has 2 aliphatic rings. The first kappa shape index (κ1) is 13.4. The Kier molecular flexibility index (Phi) is 4.87. The molecule has 0 aromatic rings. The van der Waals surface area contributed by atoms with Crippen LogP contribution in [0.15, 0.2) is 0 Å². The van der Waals surface area contributed by atoms with Crippen molar-refractivity contribution in [3.63, 3.8) is 0 Å². The molecule has 1 N–H and O–H groups in total. The highest BCUT2D eigenvalue weighted by atomic mass is 16.5. The summed E-state index contributed by atoms with van der Waals surface area (Å²) in [4.78, 5) is 0. The second-order valence-electron chi connectivity index (χ2n) is 5.94. The Morgan fingerprint density at radius 2 is 1.59 bits per heavy atom. The Morgan fingerprint density at radius 3 is 2.06 bits per heavy atom. The van der Waals surface area contributed by atoms with Gasteiger partial charge in [-0.05, 0) is 50.4 Å². The molecule has 0 spiro atoms. The van der Waals surface area contributed by atoms with Gasteiger partial charge in [-0.15, -0.1) is 0 Å². The molecule has 2 atom stereocenters. The van der Waals surface area contributed by atoms with E-state index in [0.717, 1.165) is 12.5 Å². The molecule has 2 heteroatoms. The summed E-state index contributed by atoms with van der Waals surface area (Å²) in [5.41, 5.74) is 0. The molecule has 2 fully saturated rings. The molecule has 0 amide bonds. The van der Waals surface area contributed by atoms with Crippen LogP contribution in [-0.4, -0.2) is 23.9 Å². The second-order valence-corrected chi connectivity index (χ2v) is 5.94. The van der Waals surface area contributed by atoms with E-state index in [1.807, 2.05) is 6.92 Å². The molecule has 0 aromatic carbocycles. The Hall–Kier alpha value is -0.0800. The quantitative estimate of drug-likeness (QED) is 0.771. The highest BCUT2D eigenvalue weighted by Gasteiger charge is 2.40. The fourth-order valence-electron chi connectivity index (χ4n) is 3.34. The SMILES string of the molecule is CCOC(C1CC1)C(O)C1CCC(CC)CC1. The zero-order valence-corrected chi connectivity index (χ0v) is 11.4. The topological polar surface area (TPSA) is 29.5 Å². The third kappa shape index (κ3) is 3.45. The number of ether oxygens (including phenoxy) is 1. The van der Waals surface area contributed by atoms with Crippen molar-refractivity contribution < 1.29 is 9.84 Å². The molecule has 2 nitrogen and oxygen atoms in total. The Bertz CT molecular complexity index is 217. The van der Waals surface area contributed by atoms with Crippen LogP contribution < -0.4 is 0 Å². The first-order valence-corrected chi connectivity index (χ1v) is 7.55. The van der Waals surface area contributed by atoms with Gasteiger partial charge in [-0.3, -0.25) is 0 Å². The van der Waals surface area contributed by atoms with Crippen LogP contribution in [0.2, 0.25) is 0 Å². The third-order valence-corrected chi connectivity index (χ3v) is 4.73. The van der Waals surface area contributed by atoms with Gasteiger partial charge in [0, 0.05) is 6.61 Å². The smallest absolute Gasteiger partial charge is 0.0864 e. The van der Waals surface area contributed by atoms with Gasteiger partial charge in [-0.1, -0.05) is 26.2 Å². The first-order chi connectivity index (χ1) is 8.26. The molecule has 0 aromatic heterocycles. The summed E-state index contributed by atoms with van der Waals surface area (Å²) in [5, 5.41) is 10.5. The maximum atomic E-state index is 10.5. The molecule has 17 heavy (non-hydrogen) atoms. The van der Waals surface area contributed by atoms with Crippen LogP contribution in [0, 0.1) is 17.8 Å². The molecule has 0 heterocycles. The molecule has 2 unspecified atom stereocenters. The Morgan fingerprint density at radius 1 is 1.00 bits per heavy atom. The lowest BCUT2D eigenvalue weighted by molar-refractivity contribution is -0.0773. The van der Waals surface area contributed by atoms with Crippen LogP contribution in [0.25, 0.3) is 0 Å². The summed E-state index contributed by atoms with van der Waals surface area (Å²) in [5.74, 6) is 2.05. The van der Waals surface area contributed by atoms with Gasteiger partial charge in [0.25, 0.3) is 0 Å². The van der Waals surface area contributed by atoms with Crippen molar-refractivity contribution >= 4 is 0 Å². The fourth-order valence-corrected chi connectivity index (χ4v) is 3.34. The number of aliphatic hydroxyl groups is 1. The largest absolute Gasteiger partial charge is 0.390 e. The minimum atomic E-state index is -0.208. The highest BCUT2D eigenvalue weighted by Crippen LogP contribution is 2.41. The predicted octanol–water partition coefficient (Wildman–Crippen LogP) is 3.38. The summed E-state index contributed by atoms with van der Waals surface area (Å²) in [6.07, 6.45) is 8.76. The van der Waals surface area contributed by atoms with E-state index >= 15 is 0 Å². The van der Waals surface area contributed by atoms with Crippen molar-refractivity contribution in [2.24, 2.45) is 17.8 Å². The second kappa shape index (κ2) is 6.19. The van der Waals surface area contributed by atoms with E-state index in [-0.39, 0.29) is 12.2 Å². The number of rotatable bonds is 6. The van der Waals surface area contributed by atoms with Crippen molar-refractivity contribution in [1.29, 1.82) is 0 Å². The molecule has 2 rings (SSSR count). The molecule has 2 aliphatic carbocycles. The summed E-state index contributed by atoms with van der Waals surface area (Å²) >= 11 is 0.